The SMILES string of the molecule is COc1ccc(C(=O)OC[C@H]2OC(O)[C@H](O)[C@@H](OC(=O)c3ccc(OC)cc3)[C@@H]2OC(=O)c2ccc(OC)cc2)cc1. The summed E-state index contributed by atoms with van der Waals surface area (Å²) in [4.78, 5) is 38.8. The quantitative estimate of drug-likeness (QED) is 0.266. The van der Waals surface area contributed by atoms with Gasteiger partial charge in [0.2, 0.25) is 0 Å². The van der Waals surface area contributed by atoms with Crippen LogP contribution in [-0.4, -0.2) is 86.8 Å². The summed E-state index contributed by atoms with van der Waals surface area (Å²) in [6, 6.07) is 18.1. The van der Waals surface area contributed by atoms with Crippen molar-refractivity contribution in [2.24, 2.45) is 0 Å². The molecule has 3 aromatic carbocycles. The van der Waals surface area contributed by atoms with E-state index in [1.165, 1.54) is 69.9 Å². The van der Waals surface area contributed by atoms with Gasteiger partial charge in [0.25, 0.3) is 0 Å². The molecule has 12 heteroatoms. The van der Waals surface area contributed by atoms with E-state index in [2.05, 4.69) is 0 Å². The number of aliphatic hydroxyl groups is 2. The Labute approximate surface area is 241 Å². The third kappa shape index (κ3) is 7.16. The topological polar surface area (TPSA) is 156 Å². The predicted octanol–water partition coefficient (Wildman–Crippen LogP) is 2.40. The predicted molar refractivity (Wildman–Crippen MR) is 145 cm³/mol. The number of carbonyl (C=O) groups excluding carboxylic acids is 3. The highest BCUT2D eigenvalue weighted by atomic mass is 16.7. The van der Waals surface area contributed by atoms with Crippen molar-refractivity contribution in [3.63, 3.8) is 0 Å². The summed E-state index contributed by atoms with van der Waals surface area (Å²) in [5, 5.41) is 21.2. The molecule has 1 aliphatic rings. The zero-order valence-electron chi connectivity index (χ0n) is 23.0. The molecule has 0 radical (unpaired) electrons. The first-order valence-corrected chi connectivity index (χ1v) is 12.8. The van der Waals surface area contributed by atoms with Gasteiger partial charge in [0.15, 0.2) is 18.5 Å². The van der Waals surface area contributed by atoms with Gasteiger partial charge < -0.3 is 43.4 Å². The molecule has 3 aromatic rings. The molecule has 0 bridgehead atoms. The molecule has 42 heavy (non-hydrogen) atoms. The molecule has 0 amide bonds. The number of esters is 3. The van der Waals surface area contributed by atoms with E-state index in [1.807, 2.05) is 0 Å². The normalized spacial score (nSPS) is 21.5. The van der Waals surface area contributed by atoms with Crippen LogP contribution in [-0.2, 0) is 18.9 Å². The van der Waals surface area contributed by atoms with E-state index in [0.717, 1.165) is 0 Å². The number of carbonyl (C=O) groups is 3. The third-order valence-corrected chi connectivity index (χ3v) is 6.48. The highest BCUT2D eigenvalue weighted by molar-refractivity contribution is 5.91. The Morgan fingerprint density at radius 1 is 0.619 bits per heavy atom. The fourth-order valence-electron chi connectivity index (χ4n) is 4.12. The molecular weight excluding hydrogens is 552 g/mol. The van der Waals surface area contributed by atoms with Gasteiger partial charge in [-0.3, -0.25) is 0 Å². The smallest absolute Gasteiger partial charge is 0.338 e. The Morgan fingerprint density at radius 3 is 1.40 bits per heavy atom. The highest BCUT2D eigenvalue weighted by Gasteiger charge is 2.50. The highest BCUT2D eigenvalue weighted by Crippen LogP contribution is 2.28. The van der Waals surface area contributed by atoms with Crippen LogP contribution in [0.4, 0.5) is 0 Å². The van der Waals surface area contributed by atoms with Crippen molar-refractivity contribution in [1.29, 1.82) is 0 Å². The van der Waals surface area contributed by atoms with Crippen molar-refractivity contribution >= 4 is 17.9 Å². The lowest BCUT2D eigenvalue weighted by atomic mass is 9.98. The molecule has 1 fully saturated rings. The van der Waals surface area contributed by atoms with Crippen molar-refractivity contribution < 1.29 is 57.8 Å². The number of ether oxygens (including phenoxy) is 7. The average molecular weight is 583 g/mol. The average Bonchev–Trinajstić information content (AvgIpc) is 3.03. The number of methoxy groups -OCH3 is 3. The number of hydrogen-bond acceptors (Lipinski definition) is 12. The maximum absolute atomic E-state index is 13.1. The monoisotopic (exact) mass is 582 g/mol. The molecule has 0 aromatic heterocycles. The van der Waals surface area contributed by atoms with Crippen LogP contribution in [0, 0.1) is 0 Å². The molecule has 1 saturated heterocycles. The molecule has 0 saturated carbocycles. The van der Waals surface area contributed by atoms with Gasteiger partial charge in [0.1, 0.15) is 36.1 Å². The van der Waals surface area contributed by atoms with Crippen molar-refractivity contribution in [2.45, 2.75) is 30.7 Å². The first-order valence-electron chi connectivity index (χ1n) is 12.8. The van der Waals surface area contributed by atoms with Gasteiger partial charge in [0, 0.05) is 0 Å². The van der Waals surface area contributed by atoms with Gasteiger partial charge in [-0.15, -0.1) is 0 Å². The van der Waals surface area contributed by atoms with Crippen LogP contribution in [0.2, 0.25) is 0 Å². The van der Waals surface area contributed by atoms with Crippen LogP contribution in [0.25, 0.3) is 0 Å². The minimum absolute atomic E-state index is 0.103. The first kappa shape index (κ1) is 30.3. The molecular formula is C30H30O12. The van der Waals surface area contributed by atoms with E-state index < -0.39 is 55.2 Å². The van der Waals surface area contributed by atoms with Crippen LogP contribution >= 0.6 is 0 Å². The summed E-state index contributed by atoms with van der Waals surface area (Å²) in [6.07, 6.45) is -8.10. The van der Waals surface area contributed by atoms with Gasteiger partial charge in [0.05, 0.1) is 38.0 Å². The van der Waals surface area contributed by atoms with E-state index in [1.54, 1.807) is 24.3 Å². The van der Waals surface area contributed by atoms with Crippen molar-refractivity contribution in [1.82, 2.24) is 0 Å². The van der Waals surface area contributed by atoms with E-state index >= 15 is 0 Å². The van der Waals surface area contributed by atoms with E-state index in [0.29, 0.717) is 17.2 Å². The number of hydrogen-bond donors (Lipinski definition) is 2. The van der Waals surface area contributed by atoms with Gasteiger partial charge in [-0.2, -0.15) is 0 Å². The lowest BCUT2D eigenvalue weighted by Gasteiger charge is -2.41. The summed E-state index contributed by atoms with van der Waals surface area (Å²) < 4.78 is 37.3. The van der Waals surface area contributed by atoms with Crippen LogP contribution < -0.4 is 14.2 Å². The molecule has 12 nitrogen and oxygen atoms in total. The number of rotatable bonds is 10. The maximum atomic E-state index is 13.1. The molecule has 2 N–H and O–H groups in total. The molecule has 0 aliphatic carbocycles. The lowest BCUT2D eigenvalue weighted by molar-refractivity contribution is -0.285. The minimum atomic E-state index is -1.86. The largest absolute Gasteiger partial charge is 0.497 e. The molecule has 1 heterocycles. The van der Waals surface area contributed by atoms with Gasteiger partial charge in [-0.1, -0.05) is 0 Å². The zero-order valence-corrected chi connectivity index (χ0v) is 23.0. The molecule has 0 spiro atoms. The summed E-state index contributed by atoms with van der Waals surface area (Å²) in [7, 11) is 4.42. The standard InChI is InChI=1S/C30H30O12/c1-36-20-10-4-17(5-11-20)27(32)39-16-23-25(41-28(33)18-6-12-21(37-2)13-7-18)26(24(31)30(35)40-23)42-29(34)19-8-14-22(38-3)15-9-19/h4-15,23-26,30-31,35H,16H2,1-3H3/t23-,24-,25-,26-,30?/m1/s1. The molecule has 1 unspecified atom stereocenters. The second kappa shape index (κ2) is 13.8. The van der Waals surface area contributed by atoms with Crippen LogP contribution in [0.1, 0.15) is 31.1 Å². The number of benzene rings is 3. The first-order chi connectivity index (χ1) is 20.2. The zero-order chi connectivity index (χ0) is 30.2. The van der Waals surface area contributed by atoms with Gasteiger partial charge in [-0.05, 0) is 72.8 Å². The Kier molecular flexibility index (Phi) is 9.97. The van der Waals surface area contributed by atoms with Crippen molar-refractivity contribution in [3.8, 4) is 17.2 Å². The summed E-state index contributed by atoms with van der Waals surface area (Å²) >= 11 is 0. The van der Waals surface area contributed by atoms with Crippen molar-refractivity contribution in [3.05, 3.63) is 89.5 Å². The fraction of sp³-hybridized carbons (Fsp3) is 0.300. The molecule has 1 aliphatic heterocycles. The van der Waals surface area contributed by atoms with E-state index in [-0.39, 0.29) is 16.7 Å². The summed E-state index contributed by atoms with van der Waals surface area (Å²) in [5.41, 5.74) is 0.416. The third-order valence-electron chi connectivity index (χ3n) is 6.48. The van der Waals surface area contributed by atoms with E-state index in [4.69, 9.17) is 33.2 Å². The number of aliphatic hydroxyl groups excluding tert-OH is 2. The molecule has 5 atom stereocenters. The Morgan fingerprint density at radius 2 is 1.00 bits per heavy atom. The van der Waals surface area contributed by atoms with E-state index in [9.17, 15) is 24.6 Å². The second-order valence-electron chi connectivity index (χ2n) is 9.08. The Balaban J connectivity index is 1.57. The Bertz CT molecular complexity index is 1350. The molecule has 222 valence electrons. The summed E-state index contributed by atoms with van der Waals surface area (Å²) in [5.74, 6) is -0.943. The van der Waals surface area contributed by atoms with Crippen molar-refractivity contribution in [2.75, 3.05) is 27.9 Å². The van der Waals surface area contributed by atoms with Crippen LogP contribution in [0.15, 0.2) is 72.8 Å². The summed E-state index contributed by atoms with van der Waals surface area (Å²) in [6.45, 7) is -0.522. The van der Waals surface area contributed by atoms with Gasteiger partial charge in [-0.25, -0.2) is 14.4 Å². The second-order valence-corrected chi connectivity index (χ2v) is 9.08. The lowest BCUT2D eigenvalue weighted by Crippen LogP contribution is -2.61. The maximum Gasteiger partial charge on any atom is 0.338 e. The fourth-order valence-corrected chi connectivity index (χ4v) is 4.12. The minimum Gasteiger partial charge on any atom is -0.497 e. The van der Waals surface area contributed by atoms with Gasteiger partial charge >= 0.3 is 17.9 Å². The Hall–Kier alpha value is -4.65. The molecule has 4 rings (SSSR count). The van der Waals surface area contributed by atoms with Crippen LogP contribution in [0.5, 0.6) is 17.2 Å². The van der Waals surface area contributed by atoms with Crippen LogP contribution in [0.3, 0.4) is 0 Å².